The molecule has 0 aromatic heterocycles. The molecule has 0 radical (unpaired) electrons. The standard InChI is InChI=1S/C15H17F5O2/c1-12(2)11(14(16,17)15(18,19)20)22-13(12,3)10-6-4-9(8-21)5-7-10/h4-7,11,21H,8H2,1-3H3. The molecule has 1 saturated heterocycles. The van der Waals surface area contributed by atoms with Gasteiger partial charge in [0.15, 0.2) is 0 Å². The monoisotopic (exact) mass is 324 g/mol. The zero-order chi connectivity index (χ0) is 17.0. The summed E-state index contributed by atoms with van der Waals surface area (Å²) >= 11 is 0. The van der Waals surface area contributed by atoms with E-state index < -0.39 is 29.2 Å². The van der Waals surface area contributed by atoms with Crippen molar-refractivity contribution in [3.8, 4) is 0 Å². The number of benzene rings is 1. The number of alkyl halides is 5. The van der Waals surface area contributed by atoms with Gasteiger partial charge in [-0.25, -0.2) is 0 Å². The third-order valence-electron chi connectivity index (χ3n) is 4.63. The molecule has 0 aliphatic carbocycles. The van der Waals surface area contributed by atoms with Gasteiger partial charge >= 0.3 is 12.1 Å². The Kier molecular flexibility index (Phi) is 3.81. The van der Waals surface area contributed by atoms with Gasteiger partial charge in [-0.1, -0.05) is 38.1 Å². The number of aliphatic hydroxyl groups excluding tert-OH is 1. The lowest BCUT2D eigenvalue weighted by Crippen LogP contribution is -2.71. The summed E-state index contributed by atoms with van der Waals surface area (Å²) in [6.45, 7) is 3.97. The van der Waals surface area contributed by atoms with E-state index in [0.717, 1.165) is 0 Å². The van der Waals surface area contributed by atoms with E-state index in [0.29, 0.717) is 11.1 Å². The fourth-order valence-corrected chi connectivity index (χ4v) is 2.77. The molecule has 2 atom stereocenters. The zero-order valence-electron chi connectivity index (χ0n) is 12.3. The van der Waals surface area contributed by atoms with Crippen LogP contribution in [-0.4, -0.2) is 23.3 Å². The second kappa shape index (κ2) is 4.89. The van der Waals surface area contributed by atoms with Crippen LogP contribution in [0.25, 0.3) is 0 Å². The van der Waals surface area contributed by atoms with E-state index in [4.69, 9.17) is 9.84 Å². The van der Waals surface area contributed by atoms with E-state index in [1.54, 1.807) is 24.3 Å². The molecule has 1 fully saturated rings. The second-order valence-corrected chi connectivity index (χ2v) is 6.23. The Balaban J connectivity index is 2.33. The minimum absolute atomic E-state index is 0.185. The summed E-state index contributed by atoms with van der Waals surface area (Å²) in [6, 6.07) is 6.29. The van der Waals surface area contributed by atoms with Crippen LogP contribution in [0.5, 0.6) is 0 Å². The van der Waals surface area contributed by atoms with Gasteiger partial charge < -0.3 is 9.84 Å². The molecule has 1 heterocycles. The van der Waals surface area contributed by atoms with Crippen molar-refractivity contribution < 1.29 is 31.8 Å². The maximum absolute atomic E-state index is 13.6. The molecule has 0 bridgehead atoms. The zero-order valence-corrected chi connectivity index (χ0v) is 12.3. The quantitative estimate of drug-likeness (QED) is 0.851. The van der Waals surface area contributed by atoms with E-state index in [1.807, 2.05) is 0 Å². The van der Waals surface area contributed by atoms with Crippen LogP contribution in [0.4, 0.5) is 22.0 Å². The average Bonchev–Trinajstić information content (AvgIpc) is 2.43. The molecule has 1 N–H and O–H groups in total. The first-order valence-electron chi connectivity index (χ1n) is 6.70. The van der Waals surface area contributed by atoms with Gasteiger partial charge in [0, 0.05) is 5.41 Å². The molecule has 1 aliphatic heterocycles. The Bertz CT molecular complexity index is 550. The minimum Gasteiger partial charge on any atom is -0.392 e. The Hall–Kier alpha value is -1.21. The van der Waals surface area contributed by atoms with Gasteiger partial charge in [0.25, 0.3) is 0 Å². The van der Waals surface area contributed by atoms with Gasteiger partial charge in [-0.05, 0) is 18.1 Å². The van der Waals surface area contributed by atoms with Crippen LogP contribution in [0.1, 0.15) is 31.9 Å². The normalized spacial score (nSPS) is 28.3. The van der Waals surface area contributed by atoms with Crippen molar-refractivity contribution in [2.75, 3.05) is 0 Å². The highest BCUT2D eigenvalue weighted by Crippen LogP contribution is 2.62. The van der Waals surface area contributed by atoms with Crippen LogP contribution in [-0.2, 0) is 16.9 Å². The van der Waals surface area contributed by atoms with Gasteiger partial charge in [0.1, 0.15) is 6.10 Å². The highest BCUT2D eigenvalue weighted by molar-refractivity contribution is 5.32. The fraction of sp³-hybridized carbons (Fsp3) is 0.600. The molecule has 1 aromatic carbocycles. The lowest BCUT2D eigenvalue weighted by Gasteiger charge is -2.61. The SMILES string of the molecule is CC1(c2ccc(CO)cc2)OC(C(F)(F)C(F)(F)F)C1(C)C. The summed E-state index contributed by atoms with van der Waals surface area (Å²) < 4.78 is 69.8. The van der Waals surface area contributed by atoms with Crippen LogP contribution in [0.3, 0.4) is 0 Å². The lowest BCUT2D eigenvalue weighted by molar-refractivity contribution is -0.417. The highest BCUT2D eigenvalue weighted by Gasteiger charge is 2.75. The summed E-state index contributed by atoms with van der Waals surface area (Å²) in [5, 5.41) is 8.99. The van der Waals surface area contributed by atoms with E-state index in [2.05, 4.69) is 0 Å². The van der Waals surface area contributed by atoms with Gasteiger partial charge in [0.2, 0.25) is 0 Å². The molecule has 22 heavy (non-hydrogen) atoms. The molecule has 0 spiro atoms. The Morgan fingerprint density at radius 2 is 1.55 bits per heavy atom. The van der Waals surface area contributed by atoms with Gasteiger partial charge in [-0.2, -0.15) is 22.0 Å². The maximum atomic E-state index is 13.6. The number of rotatable bonds is 3. The van der Waals surface area contributed by atoms with E-state index >= 15 is 0 Å². The molecule has 1 aliphatic rings. The van der Waals surface area contributed by atoms with Crippen molar-refractivity contribution in [2.24, 2.45) is 5.41 Å². The fourth-order valence-electron chi connectivity index (χ4n) is 2.77. The van der Waals surface area contributed by atoms with Crippen molar-refractivity contribution in [1.82, 2.24) is 0 Å². The Morgan fingerprint density at radius 3 is 1.91 bits per heavy atom. The second-order valence-electron chi connectivity index (χ2n) is 6.23. The van der Waals surface area contributed by atoms with Gasteiger partial charge in [0.05, 0.1) is 12.2 Å². The molecular weight excluding hydrogens is 307 g/mol. The first-order chi connectivity index (χ1) is 9.88. The van der Waals surface area contributed by atoms with Crippen molar-refractivity contribution in [3.05, 3.63) is 35.4 Å². The molecule has 2 nitrogen and oxygen atoms in total. The summed E-state index contributed by atoms with van der Waals surface area (Å²) in [4.78, 5) is 0. The number of hydrogen-bond donors (Lipinski definition) is 1. The van der Waals surface area contributed by atoms with E-state index in [1.165, 1.54) is 20.8 Å². The predicted octanol–water partition coefficient (Wildman–Crippen LogP) is 4.02. The van der Waals surface area contributed by atoms with Crippen LogP contribution in [0.15, 0.2) is 24.3 Å². The maximum Gasteiger partial charge on any atom is 0.456 e. The van der Waals surface area contributed by atoms with Gasteiger partial charge in [-0.15, -0.1) is 0 Å². The molecule has 7 heteroatoms. The van der Waals surface area contributed by atoms with Gasteiger partial charge in [-0.3, -0.25) is 0 Å². The molecule has 2 rings (SSSR count). The average molecular weight is 324 g/mol. The molecule has 2 unspecified atom stereocenters. The third kappa shape index (κ3) is 2.22. The predicted molar refractivity (Wildman–Crippen MR) is 69.4 cm³/mol. The minimum atomic E-state index is -5.66. The first kappa shape index (κ1) is 17.1. The van der Waals surface area contributed by atoms with Crippen LogP contribution in [0, 0.1) is 5.41 Å². The topological polar surface area (TPSA) is 29.5 Å². The number of ether oxygens (including phenoxy) is 1. The molecule has 1 aromatic rings. The summed E-state index contributed by atoms with van der Waals surface area (Å²) in [6.07, 6.45) is -7.90. The highest BCUT2D eigenvalue weighted by atomic mass is 19.4. The summed E-state index contributed by atoms with van der Waals surface area (Å²) in [5.74, 6) is -4.92. The third-order valence-corrected chi connectivity index (χ3v) is 4.63. The summed E-state index contributed by atoms with van der Waals surface area (Å²) in [7, 11) is 0. The molecular formula is C15H17F5O2. The first-order valence-corrected chi connectivity index (χ1v) is 6.70. The van der Waals surface area contributed by atoms with Crippen molar-refractivity contribution in [1.29, 1.82) is 0 Å². The molecule has 124 valence electrons. The Labute approximate surface area is 124 Å². The Morgan fingerprint density at radius 1 is 1.05 bits per heavy atom. The lowest BCUT2D eigenvalue weighted by atomic mass is 9.61. The van der Waals surface area contributed by atoms with Crippen LogP contribution >= 0.6 is 0 Å². The summed E-state index contributed by atoms with van der Waals surface area (Å²) in [5.41, 5.74) is -1.59. The van der Waals surface area contributed by atoms with Crippen molar-refractivity contribution >= 4 is 0 Å². The van der Waals surface area contributed by atoms with Crippen LogP contribution in [0.2, 0.25) is 0 Å². The number of halogens is 5. The number of hydrogen-bond acceptors (Lipinski definition) is 2. The van der Waals surface area contributed by atoms with Crippen molar-refractivity contribution in [3.63, 3.8) is 0 Å². The molecule has 0 saturated carbocycles. The largest absolute Gasteiger partial charge is 0.456 e. The smallest absolute Gasteiger partial charge is 0.392 e. The number of aliphatic hydroxyl groups is 1. The van der Waals surface area contributed by atoms with E-state index in [-0.39, 0.29) is 6.61 Å². The van der Waals surface area contributed by atoms with Crippen molar-refractivity contribution in [2.45, 2.75) is 51.2 Å². The van der Waals surface area contributed by atoms with E-state index in [9.17, 15) is 22.0 Å². The van der Waals surface area contributed by atoms with Crippen LogP contribution < -0.4 is 0 Å². The molecule has 0 amide bonds.